The van der Waals surface area contributed by atoms with Crippen LogP contribution in [0.25, 0.3) is 11.1 Å². The highest BCUT2D eigenvalue weighted by Crippen LogP contribution is 2.44. The van der Waals surface area contributed by atoms with Crippen LogP contribution in [-0.4, -0.2) is 24.5 Å². The van der Waals surface area contributed by atoms with E-state index in [1.807, 2.05) is 0 Å². The first-order chi connectivity index (χ1) is 10.3. The lowest BCUT2D eigenvalue weighted by atomic mass is 9.93. The molecule has 0 N–H and O–H groups in total. The lowest BCUT2D eigenvalue weighted by molar-refractivity contribution is 0.188. The Kier molecular flexibility index (Phi) is 3.31. The standard InChI is InChI=1S/C20H23N/c1-15-10-12-21(13-11-15)14-20-18-8-4-2-6-16(18)17-7-3-5-9-19(17)20/h2-9,15,20H,10-14H2,1H3. The van der Waals surface area contributed by atoms with E-state index in [2.05, 4.69) is 60.4 Å². The molecule has 0 radical (unpaired) electrons. The minimum Gasteiger partial charge on any atom is -0.302 e. The predicted molar refractivity (Wildman–Crippen MR) is 88.6 cm³/mol. The van der Waals surface area contributed by atoms with Gasteiger partial charge < -0.3 is 4.90 Å². The van der Waals surface area contributed by atoms with E-state index in [1.54, 1.807) is 0 Å². The zero-order valence-corrected chi connectivity index (χ0v) is 12.8. The largest absolute Gasteiger partial charge is 0.302 e. The van der Waals surface area contributed by atoms with Gasteiger partial charge in [0.15, 0.2) is 0 Å². The molecule has 2 aliphatic rings. The molecule has 0 amide bonds. The molecule has 1 heteroatoms. The Balaban J connectivity index is 1.66. The fraction of sp³-hybridized carbons (Fsp3) is 0.400. The van der Waals surface area contributed by atoms with E-state index in [4.69, 9.17) is 0 Å². The third-order valence-corrected chi connectivity index (χ3v) is 5.28. The maximum Gasteiger partial charge on any atom is 0.0229 e. The zero-order chi connectivity index (χ0) is 14.2. The van der Waals surface area contributed by atoms with Gasteiger partial charge in [0.2, 0.25) is 0 Å². The van der Waals surface area contributed by atoms with Gasteiger partial charge in [0.1, 0.15) is 0 Å². The summed E-state index contributed by atoms with van der Waals surface area (Å²) in [7, 11) is 0. The van der Waals surface area contributed by atoms with Crippen molar-refractivity contribution in [2.45, 2.75) is 25.7 Å². The molecule has 0 saturated carbocycles. The van der Waals surface area contributed by atoms with Crippen LogP contribution in [-0.2, 0) is 0 Å². The van der Waals surface area contributed by atoms with Crippen molar-refractivity contribution in [3.63, 3.8) is 0 Å². The zero-order valence-electron chi connectivity index (χ0n) is 12.8. The number of piperidine rings is 1. The Morgan fingerprint density at radius 2 is 1.38 bits per heavy atom. The van der Waals surface area contributed by atoms with Crippen molar-refractivity contribution in [3.8, 4) is 11.1 Å². The fourth-order valence-corrected chi connectivity index (χ4v) is 3.96. The number of nitrogens with zero attached hydrogens (tertiary/aromatic N) is 1. The highest BCUT2D eigenvalue weighted by Gasteiger charge is 2.30. The molecule has 108 valence electrons. The molecule has 0 bridgehead atoms. The number of fused-ring (bicyclic) bond motifs is 3. The summed E-state index contributed by atoms with van der Waals surface area (Å²) < 4.78 is 0. The molecule has 1 fully saturated rings. The van der Waals surface area contributed by atoms with Gasteiger partial charge in [-0.05, 0) is 54.1 Å². The van der Waals surface area contributed by atoms with Gasteiger partial charge in [-0.2, -0.15) is 0 Å². The fourth-order valence-electron chi connectivity index (χ4n) is 3.96. The van der Waals surface area contributed by atoms with Crippen molar-refractivity contribution >= 4 is 0 Å². The summed E-state index contributed by atoms with van der Waals surface area (Å²) >= 11 is 0. The van der Waals surface area contributed by atoms with E-state index in [9.17, 15) is 0 Å². The summed E-state index contributed by atoms with van der Waals surface area (Å²) in [5, 5.41) is 0. The van der Waals surface area contributed by atoms with E-state index < -0.39 is 0 Å². The van der Waals surface area contributed by atoms with E-state index in [1.165, 1.54) is 54.7 Å². The van der Waals surface area contributed by atoms with Crippen LogP contribution in [0.2, 0.25) is 0 Å². The Labute approximate surface area is 127 Å². The first-order valence-corrected chi connectivity index (χ1v) is 8.23. The van der Waals surface area contributed by atoms with Crippen LogP contribution in [0.5, 0.6) is 0 Å². The second kappa shape index (κ2) is 5.31. The highest BCUT2D eigenvalue weighted by molar-refractivity contribution is 5.78. The summed E-state index contributed by atoms with van der Waals surface area (Å²) in [6.45, 7) is 6.10. The van der Waals surface area contributed by atoms with Gasteiger partial charge in [-0.3, -0.25) is 0 Å². The van der Waals surface area contributed by atoms with Crippen molar-refractivity contribution in [1.29, 1.82) is 0 Å². The highest BCUT2D eigenvalue weighted by atomic mass is 15.1. The average molecular weight is 277 g/mol. The molecule has 1 saturated heterocycles. The Hall–Kier alpha value is -1.60. The summed E-state index contributed by atoms with van der Waals surface area (Å²) in [4.78, 5) is 2.67. The van der Waals surface area contributed by atoms with Gasteiger partial charge in [0, 0.05) is 12.5 Å². The minimum absolute atomic E-state index is 0.561. The molecule has 0 atom stereocenters. The SMILES string of the molecule is CC1CCN(CC2c3ccccc3-c3ccccc32)CC1. The summed E-state index contributed by atoms with van der Waals surface area (Å²) in [5.41, 5.74) is 5.95. The molecule has 2 aromatic rings. The molecule has 21 heavy (non-hydrogen) atoms. The van der Waals surface area contributed by atoms with Crippen molar-refractivity contribution in [2.24, 2.45) is 5.92 Å². The molecule has 4 rings (SSSR count). The molecular weight excluding hydrogens is 254 g/mol. The summed E-state index contributed by atoms with van der Waals surface area (Å²) in [5.74, 6) is 1.47. The molecule has 0 aromatic heterocycles. The molecular formula is C20H23N. The molecule has 1 aliphatic carbocycles. The van der Waals surface area contributed by atoms with Crippen LogP contribution < -0.4 is 0 Å². The van der Waals surface area contributed by atoms with Gasteiger partial charge in [-0.25, -0.2) is 0 Å². The molecule has 1 heterocycles. The Morgan fingerprint density at radius 3 is 1.95 bits per heavy atom. The maximum absolute atomic E-state index is 2.67. The summed E-state index contributed by atoms with van der Waals surface area (Å²) in [6.07, 6.45) is 2.71. The second-order valence-electron chi connectivity index (χ2n) is 6.71. The van der Waals surface area contributed by atoms with Gasteiger partial charge in [-0.15, -0.1) is 0 Å². The van der Waals surface area contributed by atoms with Crippen LogP contribution in [0.4, 0.5) is 0 Å². The molecule has 2 aromatic carbocycles. The molecule has 0 spiro atoms. The molecule has 1 aliphatic heterocycles. The van der Waals surface area contributed by atoms with Gasteiger partial charge >= 0.3 is 0 Å². The quantitative estimate of drug-likeness (QED) is 0.779. The van der Waals surface area contributed by atoms with Crippen molar-refractivity contribution in [1.82, 2.24) is 4.90 Å². The number of rotatable bonds is 2. The normalized spacial score (nSPS) is 19.5. The topological polar surface area (TPSA) is 3.24 Å². The lowest BCUT2D eigenvalue weighted by Crippen LogP contribution is -2.35. The van der Waals surface area contributed by atoms with Crippen LogP contribution in [0.1, 0.15) is 36.8 Å². The molecule has 1 nitrogen and oxygen atoms in total. The number of hydrogen-bond donors (Lipinski definition) is 0. The predicted octanol–water partition coefficient (Wildman–Crippen LogP) is 4.53. The average Bonchev–Trinajstić information content (AvgIpc) is 2.85. The third-order valence-electron chi connectivity index (χ3n) is 5.28. The number of likely N-dealkylation sites (tertiary alicyclic amines) is 1. The van der Waals surface area contributed by atoms with Crippen molar-refractivity contribution in [3.05, 3.63) is 59.7 Å². The van der Waals surface area contributed by atoms with E-state index in [0.29, 0.717) is 5.92 Å². The third kappa shape index (κ3) is 2.30. The monoisotopic (exact) mass is 277 g/mol. The van der Waals surface area contributed by atoms with E-state index in [-0.39, 0.29) is 0 Å². The first-order valence-electron chi connectivity index (χ1n) is 8.23. The number of hydrogen-bond acceptors (Lipinski definition) is 1. The van der Waals surface area contributed by atoms with Crippen LogP contribution in [0, 0.1) is 5.92 Å². The van der Waals surface area contributed by atoms with Gasteiger partial charge in [0.25, 0.3) is 0 Å². The maximum atomic E-state index is 2.67. The van der Waals surface area contributed by atoms with Crippen LogP contribution >= 0.6 is 0 Å². The van der Waals surface area contributed by atoms with E-state index in [0.717, 1.165) is 5.92 Å². The Bertz CT molecular complexity index is 592. The number of benzene rings is 2. The van der Waals surface area contributed by atoms with Crippen molar-refractivity contribution in [2.75, 3.05) is 19.6 Å². The van der Waals surface area contributed by atoms with Gasteiger partial charge in [0.05, 0.1) is 0 Å². The lowest BCUT2D eigenvalue weighted by Gasteiger charge is -2.32. The first kappa shape index (κ1) is 13.1. The van der Waals surface area contributed by atoms with E-state index >= 15 is 0 Å². The minimum atomic E-state index is 0.561. The Morgan fingerprint density at radius 1 is 0.857 bits per heavy atom. The van der Waals surface area contributed by atoms with Gasteiger partial charge in [-0.1, -0.05) is 55.5 Å². The smallest absolute Gasteiger partial charge is 0.0229 e. The van der Waals surface area contributed by atoms with Crippen LogP contribution in [0.15, 0.2) is 48.5 Å². The summed E-state index contributed by atoms with van der Waals surface area (Å²) in [6, 6.07) is 17.9. The van der Waals surface area contributed by atoms with Crippen LogP contribution in [0.3, 0.4) is 0 Å². The molecule has 0 unspecified atom stereocenters. The van der Waals surface area contributed by atoms with Crippen molar-refractivity contribution < 1.29 is 0 Å². The second-order valence-corrected chi connectivity index (χ2v) is 6.71.